The molecule has 0 saturated carbocycles. The zero-order chi connectivity index (χ0) is 11.4. The lowest BCUT2D eigenvalue weighted by Gasteiger charge is -2.40. The van der Waals surface area contributed by atoms with Crippen LogP contribution < -0.4 is 4.90 Å². The van der Waals surface area contributed by atoms with Crippen LogP contribution in [-0.4, -0.2) is 24.4 Å². The Bertz CT molecular complexity index is 606. The summed E-state index contributed by atoms with van der Waals surface area (Å²) in [5, 5.41) is 1.25. The molecule has 3 aliphatic rings. The number of nitrogens with one attached hydrogen (secondary N) is 1. The number of rotatable bonds is 1. The molecule has 0 aliphatic carbocycles. The molecule has 0 atom stereocenters. The van der Waals surface area contributed by atoms with Crippen LogP contribution in [0.2, 0.25) is 0 Å². The van der Waals surface area contributed by atoms with Crippen molar-refractivity contribution in [3.63, 3.8) is 0 Å². The molecule has 1 saturated heterocycles. The predicted molar refractivity (Wildman–Crippen MR) is 67.9 cm³/mol. The molecule has 5 rings (SSSR count). The number of anilines is 1. The van der Waals surface area contributed by atoms with E-state index in [1.165, 1.54) is 29.6 Å². The quantitative estimate of drug-likeness (QED) is 0.759. The third-order valence-corrected chi connectivity index (χ3v) is 4.23. The lowest BCUT2D eigenvalue weighted by atomic mass is 9.84. The van der Waals surface area contributed by atoms with Gasteiger partial charge in [0.15, 0.2) is 6.29 Å². The number of hydrogen-bond acceptors (Lipinski definition) is 2. The maximum atomic E-state index is 11.1. The van der Waals surface area contributed by atoms with Gasteiger partial charge in [-0.3, -0.25) is 4.79 Å². The number of aromatic amines is 1. The molecule has 4 heterocycles. The molecule has 17 heavy (non-hydrogen) atoms. The number of carbonyl (C=O) groups excluding carboxylic acids is 1. The fourth-order valence-electron chi connectivity index (χ4n) is 3.40. The minimum atomic E-state index is 0.686. The number of aldehydes is 1. The number of carbonyl (C=O) groups is 1. The number of piperidine rings is 1. The molecule has 1 N–H and O–H groups in total. The Morgan fingerprint density at radius 2 is 2.12 bits per heavy atom. The van der Waals surface area contributed by atoms with Gasteiger partial charge >= 0.3 is 0 Å². The van der Waals surface area contributed by atoms with Crippen molar-refractivity contribution in [2.75, 3.05) is 18.0 Å². The highest BCUT2D eigenvalue weighted by Gasteiger charge is 2.33. The summed E-state index contributed by atoms with van der Waals surface area (Å²) in [4.78, 5) is 17.0. The Morgan fingerprint density at radius 3 is 2.88 bits per heavy atom. The average Bonchev–Trinajstić information content (AvgIpc) is 2.81. The zero-order valence-corrected chi connectivity index (χ0v) is 9.57. The van der Waals surface area contributed by atoms with Crippen LogP contribution in [-0.2, 0) is 0 Å². The van der Waals surface area contributed by atoms with Crippen LogP contribution >= 0.6 is 0 Å². The molecule has 2 aromatic rings. The monoisotopic (exact) mass is 226 g/mol. The van der Waals surface area contributed by atoms with E-state index in [1.54, 1.807) is 0 Å². The van der Waals surface area contributed by atoms with Crippen molar-refractivity contribution in [1.82, 2.24) is 4.98 Å². The maximum absolute atomic E-state index is 11.1. The van der Waals surface area contributed by atoms with Gasteiger partial charge in [-0.15, -0.1) is 0 Å². The first-order chi connectivity index (χ1) is 8.38. The number of H-pyrrole nitrogens is 1. The Hall–Kier alpha value is -1.77. The second-order valence-electron chi connectivity index (χ2n) is 5.04. The van der Waals surface area contributed by atoms with E-state index < -0.39 is 0 Å². The number of hydrogen-bond donors (Lipinski definition) is 1. The minimum absolute atomic E-state index is 0.686. The second kappa shape index (κ2) is 3.13. The normalized spacial score (nSPS) is 18.7. The molecule has 1 aromatic carbocycles. The lowest BCUT2D eigenvalue weighted by molar-refractivity contribution is 0.112. The number of benzene rings is 1. The fraction of sp³-hybridized carbons (Fsp3) is 0.357. The first-order valence-corrected chi connectivity index (χ1v) is 6.23. The fourth-order valence-corrected chi connectivity index (χ4v) is 3.40. The van der Waals surface area contributed by atoms with Crippen LogP contribution in [0.3, 0.4) is 0 Å². The minimum Gasteiger partial charge on any atom is -0.358 e. The van der Waals surface area contributed by atoms with Gasteiger partial charge in [0, 0.05) is 29.6 Å². The number of para-hydroxylation sites is 1. The van der Waals surface area contributed by atoms with Crippen molar-refractivity contribution in [3.05, 3.63) is 29.3 Å². The van der Waals surface area contributed by atoms with Crippen molar-refractivity contribution >= 4 is 23.0 Å². The van der Waals surface area contributed by atoms with E-state index in [0.29, 0.717) is 5.92 Å². The molecule has 1 fully saturated rings. The highest BCUT2D eigenvalue weighted by Crippen LogP contribution is 2.45. The number of aromatic nitrogens is 1. The Morgan fingerprint density at radius 1 is 1.29 bits per heavy atom. The molecule has 0 unspecified atom stereocenters. The van der Waals surface area contributed by atoms with Crippen LogP contribution in [0.25, 0.3) is 10.9 Å². The van der Waals surface area contributed by atoms with E-state index in [9.17, 15) is 4.79 Å². The van der Waals surface area contributed by atoms with Crippen molar-refractivity contribution < 1.29 is 4.79 Å². The van der Waals surface area contributed by atoms with E-state index in [2.05, 4.69) is 16.0 Å². The topological polar surface area (TPSA) is 36.1 Å². The summed E-state index contributed by atoms with van der Waals surface area (Å²) >= 11 is 0. The van der Waals surface area contributed by atoms with Gasteiger partial charge in [-0.2, -0.15) is 0 Å². The number of nitrogens with zero attached hydrogens (tertiary/aromatic N) is 1. The maximum Gasteiger partial charge on any atom is 0.152 e. The highest BCUT2D eigenvalue weighted by molar-refractivity contribution is 6.00. The van der Waals surface area contributed by atoms with Gasteiger partial charge in [-0.05, 0) is 24.8 Å². The Kier molecular flexibility index (Phi) is 1.71. The third kappa shape index (κ3) is 1.09. The second-order valence-corrected chi connectivity index (χ2v) is 5.04. The first kappa shape index (κ1) is 9.28. The van der Waals surface area contributed by atoms with E-state index >= 15 is 0 Å². The molecule has 3 heteroatoms. The molecule has 2 bridgehead atoms. The third-order valence-electron chi connectivity index (χ3n) is 4.23. The lowest BCUT2D eigenvalue weighted by Crippen LogP contribution is -2.38. The smallest absolute Gasteiger partial charge is 0.152 e. The van der Waals surface area contributed by atoms with Gasteiger partial charge < -0.3 is 9.88 Å². The van der Waals surface area contributed by atoms with Crippen molar-refractivity contribution in [3.8, 4) is 0 Å². The molecule has 3 aliphatic heterocycles. The van der Waals surface area contributed by atoms with Gasteiger partial charge in [0.25, 0.3) is 0 Å². The van der Waals surface area contributed by atoms with Gasteiger partial charge in [-0.1, -0.05) is 12.1 Å². The molecule has 1 aromatic heterocycles. The van der Waals surface area contributed by atoms with Crippen molar-refractivity contribution in [1.29, 1.82) is 0 Å². The summed E-state index contributed by atoms with van der Waals surface area (Å²) in [7, 11) is 0. The Labute approximate surface area is 99.4 Å². The first-order valence-electron chi connectivity index (χ1n) is 6.23. The van der Waals surface area contributed by atoms with Crippen molar-refractivity contribution in [2.24, 2.45) is 0 Å². The molecule has 0 amide bonds. The van der Waals surface area contributed by atoms with E-state index in [0.717, 1.165) is 30.5 Å². The van der Waals surface area contributed by atoms with E-state index in [4.69, 9.17) is 0 Å². The summed E-state index contributed by atoms with van der Waals surface area (Å²) in [5.74, 6) is 1.95. The summed E-state index contributed by atoms with van der Waals surface area (Å²) in [6.45, 7) is 2.31. The SMILES string of the molecule is O=Cc1cccc2c3c([nH]c12)N1CCC3CC1. The van der Waals surface area contributed by atoms with Gasteiger partial charge in [0.2, 0.25) is 0 Å². The average molecular weight is 226 g/mol. The largest absolute Gasteiger partial charge is 0.358 e. The van der Waals surface area contributed by atoms with Crippen molar-refractivity contribution in [2.45, 2.75) is 18.8 Å². The van der Waals surface area contributed by atoms with Crippen LogP contribution in [0, 0.1) is 0 Å². The standard InChI is InChI=1S/C14H14N2O/c17-8-10-2-1-3-11-12-9-4-6-16(7-5-9)14(12)15-13(10)11/h1-3,8-9,15H,4-7H2. The molecular formula is C14H14N2O. The summed E-state index contributed by atoms with van der Waals surface area (Å²) in [5.41, 5.74) is 3.24. The van der Waals surface area contributed by atoms with Crippen LogP contribution in [0.1, 0.15) is 34.7 Å². The zero-order valence-electron chi connectivity index (χ0n) is 9.57. The summed E-state index contributed by atoms with van der Waals surface area (Å²) in [6.07, 6.45) is 3.46. The number of fused-ring (bicyclic) bond motifs is 3. The van der Waals surface area contributed by atoms with E-state index in [1.807, 2.05) is 12.1 Å². The summed E-state index contributed by atoms with van der Waals surface area (Å²) < 4.78 is 0. The van der Waals surface area contributed by atoms with Crippen LogP contribution in [0.4, 0.5) is 5.82 Å². The molecule has 0 spiro atoms. The van der Waals surface area contributed by atoms with Gasteiger partial charge in [-0.25, -0.2) is 0 Å². The predicted octanol–water partition coefficient (Wildman–Crippen LogP) is 2.68. The van der Waals surface area contributed by atoms with Crippen LogP contribution in [0.15, 0.2) is 18.2 Å². The Balaban J connectivity index is 2.09. The van der Waals surface area contributed by atoms with Crippen LogP contribution in [0.5, 0.6) is 0 Å². The van der Waals surface area contributed by atoms with Gasteiger partial charge in [0.1, 0.15) is 5.82 Å². The van der Waals surface area contributed by atoms with Gasteiger partial charge in [0.05, 0.1) is 5.52 Å². The molecule has 3 nitrogen and oxygen atoms in total. The molecular weight excluding hydrogens is 212 g/mol. The molecule has 86 valence electrons. The molecule has 0 radical (unpaired) electrons. The summed E-state index contributed by atoms with van der Waals surface area (Å²) in [6, 6.07) is 6.01. The van der Waals surface area contributed by atoms with E-state index in [-0.39, 0.29) is 0 Å². The highest BCUT2D eigenvalue weighted by atomic mass is 16.1.